The number of anilines is 1. The highest BCUT2D eigenvalue weighted by Crippen LogP contribution is 2.20. The number of benzene rings is 1. The van der Waals surface area contributed by atoms with Gasteiger partial charge in [0.1, 0.15) is 5.75 Å². The zero-order chi connectivity index (χ0) is 13.8. The van der Waals surface area contributed by atoms with E-state index in [2.05, 4.69) is 35.4 Å². The number of hydrogen-bond acceptors (Lipinski definition) is 3. The van der Waals surface area contributed by atoms with Gasteiger partial charge < -0.3 is 10.1 Å². The van der Waals surface area contributed by atoms with Crippen LogP contribution in [0.3, 0.4) is 0 Å². The molecule has 1 N–H and O–H groups in total. The number of methoxy groups -OCH3 is 1. The highest BCUT2D eigenvalue weighted by molar-refractivity contribution is 5.48. The minimum Gasteiger partial charge on any atom is -0.496 e. The number of aryl methyl sites for hydroxylation is 3. The van der Waals surface area contributed by atoms with E-state index in [1.165, 1.54) is 5.56 Å². The van der Waals surface area contributed by atoms with E-state index < -0.39 is 0 Å². The van der Waals surface area contributed by atoms with Crippen LogP contribution in [0.15, 0.2) is 30.3 Å². The van der Waals surface area contributed by atoms with Crippen LogP contribution in [-0.4, -0.2) is 12.1 Å². The van der Waals surface area contributed by atoms with Gasteiger partial charge >= 0.3 is 0 Å². The summed E-state index contributed by atoms with van der Waals surface area (Å²) in [5.41, 5.74) is 5.55. The van der Waals surface area contributed by atoms with Gasteiger partial charge in [0, 0.05) is 12.2 Å². The number of rotatable bonds is 4. The summed E-state index contributed by atoms with van der Waals surface area (Å²) in [6.07, 6.45) is 0. The molecule has 0 aliphatic heterocycles. The number of nitrogens with zero attached hydrogens (tertiary/aromatic N) is 1. The van der Waals surface area contributed by atoms with Gasteiger partial charge in [-0.25, -0.2) is 0 Å². The first-order valence-corrected chi connectivity index (χ1v) is 6.42. The predicted molar refractivity (Wildman–Crippen MR) is 78.8 cm³/mol. The standard InChI is InChI=1S/C16H20N2O/c1-11-9-14(6-8-16(11)19-4)10-17-15-7-5-12(2)18-13(15)3/h5-9,17H,10H2,1-4H3. The SMILES string of the molecule is COc1ccc(CNc2ccc(C)nc2C)cc1C. The van der Waals surface area contributed by atoms with Gasteiger partial charge in [-0.2, -0.15) is 0 Å². The van der Waals surface area contributed by atoms with E-state index in [-0.39, 0.29) is 0 Å². The summed E-state index contributed by atoms with van der Waals surface area (Å²) in [6.45, 7) is 6.87. The van der Waals surface area contributed by atoms with Crippen molar-refractivity contribution in [3.05, 3.63) is 52.8 Å². The Balaban J connectivity index is 2.08. The van der Waals surface area contributed by atoms with Crippen LogP contribution in [0.5, 0.6) is 5.75 Å². The fourth-order valence-corrected chi connectivity index (χ4v) is 2.12. The van der Waals surface area contributed by atoms with Crippen molar-refractivity contribution in [2.24, 2.45) is 0 Å². The highest BCUT2D eigenvalue weighted by Gasteiger charge is 2.02. The fraction of sp³-hybridized carbons (Fsp3) is 0.312. The van der Waals surface area contributed by atoms with Gasteiger partial charge in [-0.3, -0.25) is 4.98 Å². The highest BCUT2D eigenvalue weighted by atomic mass is 16.5. The number of pyridine rings is 1. The van der Waals surface area contributed by atoms with E-state index in [1.54, 1.807) is 7.11 Å². The van der Waals surface area contributed by atoms with Crippen molar-refractivity contribution in [1.29, 1.82) is 0 Å². The number of hydrogen-bond donors (Lipinski definition) is 1. The Bertz CT molecular complexity index is 579. The van der Waals surface area contributed by atoms with Crippen LogP contribution in [0.1, 0.15) is 22.5 Å². The molecule has 0 amide bonds. The Morgan fingerprint density at radius 3 is 2.53 bits per heavy atom. The molecule has 2 aromatic rings. The maximum atomic E-state index is 5.26. The van der Waals surface area contributed by atoms with Gasteiger partial charge in [-0.05, 0) is 50.1 Å². The van der Waals surface area contributed by atoms with E-state index in [9.17, 15) is 0 Å². The van der Waals surface area contributed by atoms with Gasteiger partial charge in [-0.1, -0.05) is 12.1 Å². The summed E-state index contributed by atoms with van der Waals surface area (Å²) in [6, 6.07) is 10.3. The molecule has 19 heavy (non-hydrogen) atoms. The third kappa shape index (κ3) is 3.25. The molecular formula is C16H20N2O. The van der Waals surface area contributed by atoms with Crippen molar-refractivity contribution >= 4 is 5.69 Å². The second kappa shape index (κ2) is 5.74. The van der Waals surface area contributed by atoms with Crippen LogP contribution in [0.25, 0.3) is 0 Å². The lowest BCUT2D eigenvalue weighted by Gasteiger charge is -2.11. The molecule has 3 nitrogen and oxygen atoms in total. The summed E-state index contributed by atoms with van der Waals surface area (Å²) in [4.78, 5) is 4.45. The van der Waals surface area contributed by atoms with Crippen LogP contribution >= 0.6 is 0 Å². The molecule has 0 aliphatic carbocycles. The number of nitrogens with one attached hydrogen (secondary N) is 1. The van der Waals surface area contributed by atoms with E-state index in [4.69, 9.17) is 4.74 Å². The quantitative estimate of drug-likeness (QED) is 0.907. The Morgan fingerprint density at radius 1 is 1.11 bits per heavy atom. The first-order valence-electron chi connectivity index (χ1n) is 6.42. The van der Waals surface area contributed by atoms with Crippen LogP contribution < -0.4 is 10.1 Å². The summed E-state index contributed by atoms with van der Waals surface area (Å²) < 4.78 is 5.26. The number of aromatic nitrogens is 1. The molecule has 0 aliphatic rings. The Hall–Kier alpha value is -2.03. The molecule has 1 aromatic heterocycles. The van der Waals surface area contributed by atoms with Crippen molar-refractivity contribution in [1.82, 2.24) is 4.98 Å². The van der Waals surface area contributed by atoms with Crippen LogP contribution in [-0.2, 0) is 6.54 Å². The van der Waals surface area contributed by atoms with E-state index in [1.807, 2.05) is 26.0 Å². The lowest BCUT2D eigenvalue weighted by Crippen LogP contribution is -2.03. The van der Waals surface area contributed by atoms with E-state index in [0.29, 0.717) is 0 Å². The molecule has 0 atom stereocenters. The van der Waals surface area contributed by atoms with Crippen LogP contribution in [0, 0.1) is 20.8 Å². The topological polar surface area (TPSA) is 34.1 Å². The third-order valence-corrected chi connectivity index (χ3v) is 3.17. The molecule has 0 radical (unpaired) electrons. The molecule has 0 saturated heterocycles. The molecule has 2 rings (SSSR count). The van der Waals surface area contributed by atoms with Crippen LogP contribution in [0.2, 0.25) is 0 Å². The zero-order valence-electron chi connectivity index (χ0n) is 11.9. The largest absolute Gasteiger partial charge is 0.496 e. The van der Waals surface area contributed by atoms with E-state index >= 15 is 0 Å². The average molecular weight is 256 g/mol. The van der Waals surface area contributed by atoms with Gasteiger partial charge in [-0.15, -0.1) is 0 Å². The fourth-order valence-electron chi connectivity index (χ4n) is 2.12. The summed E-state index contributed by atoms with van der Waals surface area (Å²) in [7, 11) is 1.70. The van der Waals surface area contributed by atoms with Crippen molar-refractivity contribution in [2.45, 2.75) is 27.3 Å². The molecule has 3 heteroatoms. The minimum atomic E-state index is 0.788. The predicted octanol–water partition coefficient (Wildman–Crippen LogP) is 3.63. The van der Waals surface area contributed by atoms with Crippen molar-refractivity contribution < 1.29 is 4.74 Å². The van der Waals surface area contributed by atoms with E-state index in [0.717, 1.165) is 34.9 Å². The first kappa shape index (κ1) is 13.4. The van der Waals surface area contributed by atoms with Crippen LogP contribution in [0.4, 0.5) is 5.69 Å². The zero-order valence-corrected chi connectivity index (χ0v) is 11.9. The molecule has 0 fully saturated rings. The molecule has 1 aromatic carbocycles. The maximum Gasteiger partial charge on any atom is 0.121 e. The van der Waals surface area contributed by atoms with Gasteiger partial charge in [0.15, 0.2) is 0 Å². The van der Waals surface area contributed by atoms with Crippen molar-refractivity contribution in [3.63, 3.8) is 0 Å². The maximum absolute atomic E-state index is 5.26. The molecule has 0 spiro atoms. The average Bonchev–Trinajstić information content (AvgIpc) is 2.38. The molecule has 0 saturated carbocycles. The lowest BCUT2D eigenvalue weighted by atomic mass is 10.1. The summed E-state index contributed by atoms with van der Waals surface area (Å²) >= 11 is 0. The van der Waals surface area contributed by atoms with Crippen molar-refractivity contribution in [2.75, 3.05) is 12.4 Å². The second-order valence-electron chi connectivity index (χ2n) is 4.74. The molecule has 0 bridgehead atoms. The molecule has 1 heterocycles. The third-order valence-electron chi connectivity index (χ3n) is 3.17. The summed E-state index contributed by atoms with van der Waals surface area (Å²) in [5, 5.41) is 3.42. The number of ether oxygens (including phenoxy) is 1. The normalized spacial score (nSPS) is 10.3. The molecule has 100 valence electrons. The van der Waals surface area contributed by atoms with Gasteiger partial charge in [0.05, 0.1) is 18.5 Å². The van der Waals surface area contributed by atoms with Gasteiger partial charge in [0.2, 0.25) is 0 Å². The van der Waals surface area contributed by atoms with Crippen molar-refractivity contribution in [3.8, 4) is 5.75 Å². The Kier molecular flexibility index (Phi) is 4.05. The first-order chi connectivity index (χ1) is 9.10. The Labute approximate surface area is 114 Å². The minimum absolute atomic E-state index is 0.788. The smallest absolute Gasteiger partial charge is 0.121 e. The summed E-state index contributed by atoms with van der Waals surface area (Å²) in [5.74, 6) is 0.928. The Morgan fingerprint density at radius 2 is 1.89 bits per heavy atom. The lowest BCUT2D eigenvalue weighted by molar-refractivity contribution is 0.411. The second-order valence-corrected chi connectivity index (χ2v) is 4.74. The molecular weight excluding hydrogens is 236 g/mol. The molecule has 0 unspecified atom stereocenters. The monoisotopic (exact) mass is 256 g/mol. The van der Waals surface area contributed by atoms with Gasteiger partial charge in [0.25, 0.3) is 0 Å².